The number of benzene rings is 2. The van der Waals surface area contributed by atoms with Crippen LogP contribution >= 0.6 is 23.2 Å². The number of hydrogen-bond acceptors (Lipinski definition) is 3. The molecule has 2 aromatic rings. The predicted octanol–water partition coefficient (Wildman–Crippen LogP) is 3.38. The molecule has 0 atom stereocenters. The molecule has 0 aromatic heterocycles. The van der Waals surface area contributed by atoms with Crippen molar-refractivity contribution in [1.29, 1.82) is 0 Å². The van der Waals surface area contributed by atoms with Crippen LogP contribution in [0.5, 0.6) is 0 Å². The van der Waals surface area contributed by atoms with E-state index in [-0.39, 0.29) is 19.0 Å². The fraction of sp³-hybridized carbons (Fsp3) is 0.278. The van der Waals surface area contributed by atoms with Crippen LogP contribution in [0, 0.1) is 6.92 Å². The van der Waals surface area contributed by atoms with Crippen molar-refractivity contribution in [2.45, 2.75) is 20.0 Å². The minimum Gasteiger partial charge on any atom is -0.351 e. The van der Waals surface area contributed by atoms with Crippen molar-refractivity contribution in [2.75, 3.05) is 12.8 Å². The topological polar surface area (TPSA) is 66.5 Å². The molecule has 0 aliphatic carbocycles. The molecule has 0 aliphatic rings. The standard InChI is InChI=1S/C18H20Cl2N2O3S/c1-13-3-5-14(6-4-13)10-21-18(23)12-22(26(2,24)25)11-15-7-8-16(19)17(20)9-15/h3-9H,10-12H2,1-2H3,(H,21,23). The van der Waals surface area contributed by atoms with E-state index in [9.17, 15) is 13.2 Å². The Morgan fingerprint density at radius 3 is 2.23 bits per heavy atom. The van der Waals surface area contributed by atoms with Crippen molar-refractivity contribution < 1.29 is 13.2 Å². The summed E-state index contributed by atoms with van der Waals surface area (Å²) in [6, 6.07) is 12.6. The van der Waals surface area contributed by atoms with Crippen molar-refractivity contribution in [1.82, 2.24) is 9.62 Å². The zero-order chi connectivity index (χ0) is 19.3. The van der Waals surface area contributed by atoms with Gasteiger partial charge in [-0.05, 0) is 30.2 Å². The minimum atomic E-state index is -3.57. The molecule has 0 fully saturated rings. The van der Waals surface area contributed by atoms with Crippen molar-refractivity contribution in [3.63, 3.8) is 0 Å². The van der Waals surface area contributed by atoms with E-state index in [1.807, 2.05) is 31.2 Å². The molecule has 0 bridgehead atoms. The number of carbonyl (C=O) groups is 1. The van der Waals surface area contributed by atoms with Gasteiger partial charge in [0.2, 0.25) is 15.9 Å². The lowest BCUT2D eigenvalue weighted by Crippen LogP contribution is -2.39. The van der Waals surface area contributed by atoms with Gasteiger partial charge in [-0.3, -0.25) is 4.79 Å². The largest absolute Gasteiger partial charge is 0.351 e. The number of nitrogens with zero attached hydrogens (tertiary/aromatic N) is 1. The lowest BCUT2D eigenvalue weighted by molar-refractivity contribution is -0.121. The molecule has 140 valence electrons. The third-order valence-electron chi connectivity index (χ3n) is 3.74. The molecule has 0 saturated carbocycles. The first-order valence-corrected chi connectivity index (χ1v) is 10.5. The molecule has 2 aromatic carbocycles. The summed E-state index contributed by atoms with van der Waals surface area (Å²) < 4.78 is 25.1. The molecule has 0 aliphatic heterocycles. The van der Waals surface area contributed by atoms with E-state index >= 15 is 0 Å². The fourth-order valence-corrected chi connectivity index (χ4v) is 3.31. The first-order valence-electron chi connectivity index (χ1n) is 7.86. The van der Waals surface area contributed by atoms with Gasteiger partial charge < -0.3 is 5.32 Å². The zero-order valence-electron chi connectivity index (χ0n) is 14.5. The first kappa shape index (κ1) is 20.7. The maximum Gasteiger partial charge on any atom is 0.235 e. The third-order valence-corrected chi connectivity index (χ3v) is 5.68. The maximum absolute atomic E-state index is 12.2. The molecule has 26 heavy (non-hydrogen) atoms. The van der Waals surface area contributed by atoms with Crippen LogP contribution in [-0.2, 0) is 27.9 Å². The summed E-state index contributed by atoms with van der Waals surface area (Å²) >= 11 is 11.8. The van der Waals surface area contributed by atoms with Gasteiger partial charge in [-0.2, -0.15) is 4.31 Å². The average molecular weight is 415 g/mol. The molecule has 5 nitrogen and oxygen atoms in total. The van der Waals surface area contributed by atoms with E-state index in [0.717, 1.165) is 21.7 Å². The van der Waals surface area contributed by atoms with Crippen LogP contribution < -0.4 is 5.32 Å². The Morgan fingerprint density at radius 2 is 1.65 bits per heavy atom. The van der Waals surface area contributed by atoms with Gasteiger partial charge >= 0.3 is 0 Å². The van der Waals surface area contributed by atoms with Gasteiger partial charge in [0.25, 0.3) is 0 Å². The molecule has 0 heterocycles. The highest BCUT2D eigenvalue weighted by atomic mass is 35.5. The van der Waals surface area contributed by atoms with Crippen molar-refractivity contribution in [3.8, 4) is 0 Å². The van der Waals surface area contributed by atoms with Crippen LogP contribution in [0.3, 0.4) is 0 Å². The number of halogens is 2. The van der Waals surface area contributed by atoms with E-state index in [1.165, 1.54) is 0 Å². The monoisotopic (exact) mass is 414 g/mol. The third kappa shape index (κ3) is 6.29. The number of aryl methyl sites for hydroxylation is 1. The van der Waals surface area contributed by atoms with E-state index in [0.29, 0.717) is 22.2 Å². The normalized spacial score (nSPS) is 11.6. The molecule has 1 N–H and O–H groups in total. The van der Waals surface area contributed by atoms with E-state index < -0.39 is 10.0 Å². The summed E-state index contributed by atoms with van der Waals surface area (Å²) in [7, 11) is -3.57. The zero-order valence-corrected chi connectivity index (χ0v) is 16.8. The molecular weight excluding hydrogens is 395 g/mol. The molecule has 0 unspecified atom stereocenters. The Bertz CT molecular complexity index is 884. The molecule has 0 saturated heterocycles. The average Bonchev–Trinajstić information content (AvgIpc) is 2.56. The van der Waals surface area contributed by atoms with Gasteiger partial charge in [0.15, 0.2) is 0 Å². The first-order chi connectivity index (χ1) is 12.1. The summed E-state index contributed by atoms with van der Waals surface area (Å²) in [5.74, 6) is -0.379. The highest BCUT2D eigenvalue weighted by molar-refractivity contribution is 7.88. The smallest absolute Gasteiger partial charge is 0.235 e. The van der Waals surface area contributed by atoms with Crippen molar-refractivity contribution in [3.05, 3.63) is 69.2 Å². The minimum absolute atomic E-state index is 0.0354. The van der Waals surface area contributed by atoms with Gasteiger partial charge in [0.05, 0.1) is 22.8 Å². The van der Waals surface area contributed by atoms with Crippen LogP contribution in [0.25, 0.3) is 0 Å². The second-order valence-corrected chi connectivity index (χ2v) is 8.84. The number of rotatable bonds is 7. The molecular formula is C18H20Cl2N2O3S. The molecule has 8 heteroatoms. The van der Waals surface area contributed by atoms with Crippen LogP contribution in [0.15, 0.2) is 42.5 Å². The Hall–Kier alpha value is -1.60. The molecule has 0 radical (unpaired) electrons. The van der Waals surface area contributed by atoms with Crippen LogP contribution in [0.4, 0.5) is 0 Å². The summed E-state index contributed by atoms with van der Waals surface area (Å²) in [4.78, 5) is 12.2. The fourth-order valence-electron chi connectivity index (χ4n) is 2.25. The Labute approximate surface area is 164 Å². The highest BCUT2D eigenvalue weighted by Gasteiger charge is 2.20. The number of sulfonamides is 1. The molecule has 0 spiro atoms. The summed E-state index contributed by atoms with van der Waals surface area (Å²) in [6.07, 6.45) is 1.07. The number of hydrogen-bond donors (Lipinski definition) is 1. The Kier molecular flexibility index (Phi) is 7.06. The molecule has 1 amide bonds. The summed E-state index contributed by atoms with van der Waals surface area (Å²) in [5, 5.41) is 3.46. The predicted molar refractivity (Wildman–Crippen MR) is 105 cm³/mol. The Morgan fingerprint density at radius 1 is 1.04 bits per heavy atom. The van der Waals surface area contributed by atoms with Crippen molar-refractivity contribution >= 4 is 39.1 Å². The van der Waals surface area contributed by atoms with Crippen molar-refractivity contribution in [2.24, 2.45) is 0 Å². The summed E-state index contributed by atoms with van der Waals surface area (Å²) in [6.45, 7) is 2.08. The van der Waals surface area contributed by atoms with Crippen LogP contribution in [0.1, 0.15) is 16.7 Å². The maximum atomic E-state index is 12.2. The van der Waals surface area contributed by atoms with Gasteiger partial charge in [-0.15, -0.1) is 0 Å². The number of nitrogens with one attached hydrogen (secondary N) is 1. The quantitative estimate of drug-likeness (QED) is 0.754. The van der Waals surface area contributed by atoms with E-state index in [2.05, 4.69) is 5.32 Å². The number of amides is 1. The van der Waals surface area contributed by atoms with Gasteiger partial charge in [0, 0.05) is 13.1 Å². The number of carbonyl (C=O) groups excluding carboxylic acids is 1. The summed E-state index contributed by atoms with van der Waals surface area (Å²) in [5.41, 5.74) is 2.72. The second-order valence-electron chi connectivity index (χ2n) is 6.04. The van der Waals surface area contributed by atoms with E-state index in [4.69, 9.17) is 23.2 Å². The lowest BCUT2D eigenvalue weighted by atomic mass is 10.1. The second kappa shape index (κ2) is 8.86. The molecule has 2 rings (SSSR count). The Balaban J connectivity index is 2.01. The van der Waals surface area contributed by atoms with Gasteiger partial charge in [0.1, 0.15) is 0 Å². The van der Waals surface area contributed by atoms with Gasteiger partial charge in [-0.1, -0.05) is 59.1 Å². The van der Waals surface area contributed by atoms with Crippen LogP contribution in [0.2, 0.25) is 10.0 Å². The lowest BCUT2D eigenvalue weighted by Gasteiger charge is -2.20. The van der Waals surface area contributed by atoms with Crippen LogP contribution in [-0.4, -0.2) is 31.4 Å². The SMILES string of the molecule is Cc1ccc(CNC(=O)CN(Cc2ccc(Cl)c(Cl)c2)S(C)(=O)=O)cc1. The van der Waals surface area contributed by atoms with Gasteiger partial charge in [-0.25, -0.2) is 8.42 Å². The van der Waals surface area contributed by atoms with E-state index in [1.54, 1.807) is 18.2 Å². The highest BCUT2D eigenvalue weighted by Crippen LogP contribution is 2.23.